The molecule has 2 heterocycles. The second-order valence-electron chi connectivity index (χ2n) is 5.06. The number of aromatic nitrogens is 2. The zero-order valence-electron chi connectivity index (χ0n) is 11.5. The highest BCUT2D eigenvalue weighted by Crippen LogP contribution is 2.17. The molecule has 17 heavy (non-hydrogen) atoms. The van der Waals surface area contributed by atoms with Gasteiger partial charge in [0.25, 0.3) is 0 Å². The highest BCUT2D eigenvalue weighted by atomic mass is 15.3. The first-order chi connectivity index (χ1) is 8.13. The summed E-state index contributed by atoms with van der Waals surface area (Å²) in [6, 6.07) is 0.717. The van der Waals surface area contributed by atoms with Gasteiger partial charge in [-0.1, -0.05) is 6.92 Å². The minimum Gasteiger partial charge on any atom is -0.314 e. The lowest BCUT2D eigenvalue weighted by molar-refractivity contribution is 0.137. The molecule has 96 valence electrons. The number of rotatable bonds is 5. The summed E-state index contributed by atoms with van der Waals surface area (Å²) < 4.78 is 1.99. The lowest BCUT2D eigenvalue weighted by Gasteiger charge is -2.38. The average Bonchev–Trinajstić information content (AvgIpc) is 2.43. The predicted octanol–water partition coefficient (Wildman–Crippen LogP) is 1.22. The normalized spacial score (nSPS) is 16.5. The molecule has 0 aliphatic carbocycles. The maximum absolute atomic E-state index is 4.50. The van der Waals surface area contributed by atoms with E-state index < -0.39 is 0 Å². The Labute approximate surface area is 104 Å². The van der Waals surface area contributed by atoms with Crippen LogP contribution in [0.25, 0.3) is 0 Å². The van der Waals surface area contributed by atoms with E-state index in [2.05, 4.69) is 36.1 Å². The number of hydrogen-bond acceptors (Lipinski definition) is 3. The Morgan fingerprint density at radius 1 is 1.41 bits per heavy atom. The lowest BCUT2D eigenvalue weighted by atomic mass is 10.1. The van der Waals surface area contributed by atoms with E-state index in [1.165, 1.54) is 29.9 Å². The minimum atomic E-state index is 0.717. The molecule has 1 aromatic heterocycles. The van der Waals surface area contributed by atoms with Crippen molar-refractivity contribution in [1.29, 1.82) is 0 Å². The summed E-state index contributed by atoms with van der Waals surface area (Å²) in [5, 5.41) is 7.86. The first-order valence-electron chi connectivity index (χ1n) is 6.57. The van der Waals surface area contributed by atoms with Crippen molar-refractivity contribution in [2.45, 2.75) is 39.8 Å². The summed E-state index contributed by atoms with van der Waals surface area (Å²) in [7, 11) is 2.03. The van der Waals surface area contributed by atoms with Gasteiger partial charge in [-0.2, -0.15) is 5.10 Å². The molecule has 0 spiro atoms. The Morgan fingerprint density at radius 3 is 2.53 bits per heavy atom. The number of nitrogens with zero attached hydrogens (tertiary/aromatic N) is 3. The molecular weight excluding hydrogens is 212 g/mol. The molecule has 1 aliphatic rings. The molecule has 0 bridgehead atoms. The van der Waals surface area contributed by atoms with Crippen molar-refractivity contribution in [3.63, 3.8) is 0 Å². The fourth-order valence-electron chi connectivity index (χ4n) is 2.46. The van der Waals surface area contributed by atoms with Crippen LogP contribution in [-0.4, -0.2) is 40.4 Å². The van der Waals surface area contributed by atoms with Crippen molar-refractivity contribution >= 4 is 0 Å². The Hall–Kier alpha value is -0.870. The van der Waals surface area contributed by atoms with Gasteiger partial charge in [0.1, 0.15) is 0 Å². The highest BCUT2D eigenvalue weighted by molar-refractivity contribution is 5.24. The third-order valence-corrected chi connectivity index (χ3v) is 3.81. The van der Waals surface area contributed by atoms with Gasteiger partial charge in [-0.05, 0) is 26.8 Å². The van der Waals surface area contributed by atoms with Crippen molar-refractivity contribution in [2.75, 3.05) is 19.6 Å². The Bertz CT molecular complexity index is 379. The van der Waals surface area contributed by atoms with Crippen LogP contribution in [0.5, 0.6) is 0 Å². The van der Waals surface area contributed by atoms with Gasteiger partial charge >= 0.3 is 0 Å². The summed E-state index contributed by atoms with van der Waals surface area (Å²) in [6.45, 7) is 11.0. The second-order valence-corrected chi connectivity index (χ2v) is 5.06. The van der Waals surface area contributed by atoms with Crippen LogP contribution in [0.3, 0.4) is 0 Å². The van der Waals surface area contributed by atoms with Gasteiger partial charge in [-0.15, -0.1) is 0 Å². The third-order valence-electron chi connectivity index (χ3n) is 3.81. The van der Waals surface area contributed by atoms with Crippen molar-refractivity contribution in [1.82, 2.24) is 20.0 Å². The SMILES string of the molecule is CCCN(Cc1c(C)nn(C)c1C)C1CNC1. The van der Waals surface area contributed by atoms with E-state index in [4.69, 9.17) is 0 Å². The molecule has 0 unspecified atom stereocenters. The van der Waals surface area contributed by atoms with Crippen LogP contribution < -0.4 is 5.32 Å². The van der Waals surface area contributed by atoms with E-state index in [1.807, 2.05) is 11.7 Å². The van der Waals surface area contributed by atoms with Gasteiger partial charge in [0.05, 0.1) is 5.69 Å². The summed E-state index contributed by atoms with van der Waals surface area (Å²) in [4.78, 5) is 2.59. The molecule has 1 aromatic rings. The fraction of sp³-hybridized carbons (Fsp3) is 0.769. The summed E-state index contributed by atoms with van der Waals surface area (Å²) in [5.74, 6) is 0. The Morgan fingerprint density at radius 2 is 2.12 bits per heavy atom. The van der Waals surface area contributed by atoms with E-state index in [0.29, 0.717) is 6.04 Å². The van der Waals surface area contributed by atoms with Crippen LogP contribution >= 0.6 is 0 Å². The maximum atomic E-state index is 4.50. The second kappa shape index (κ2) is 5.19. The molecule has 0 radical (unpaired) electrons. The monoisotopic (exact) mass is 236 g/mol. The smallest absolute Gasteiger partial charge is 0.0641 e. The van der Waals surface area contributed by atoms with Crippen LogP contribution in [0, 0.1) is 13.8 Å². The van der Waals surface area contributed by atoms with Gasteiger partial charge in [0.15, 0.2) is 0 Å². The summed E-state index contributed by atoms with van der Waals surface area (Å²) >= 11 is 0. The molecule has 1 saturated heterocycles. The van der Waals surface area contributed by atoms with Crippen LogP contribution in [-0.2, 0) is 13.6 Å². The van der Waals surface area contributed by atoms with Crippen LogP contribution in [0.2, 0.25) is 0 Å². The molecule has 0 amide bonds. The minimum absolute atomic E-state index is 0.717. The zero-order valence-corrected chi connectivity index (χ0v) is 11.5. The van der Waals surface area contributed by atoms with Gasteiger partial charge in [0, 0.05) is 44.0 Å². The topological polar surface area (TPSA) is 33.1 Å². The van der Waals surface area contributed by atoms with E-state index in [1.54, 1.807) is 0 Å². The van der Waals surface area contributed by atoms with E-state index in [-0.39, 0.29) is 0 Å². The summed E-state index contributed by atoms with van der Waals surface area (Å²) in [6.07, 6.45) is 1.22. The lowest BCUT2D eigenvalue weighted by Crippen LogP contribution is -2.57. The molecular formula is C13H24N4. The standard InChI is InChI=1S/C13H24N4/c1-5-6-17(12-7-14-8-12)9-13-10(2)15-16(4)11(13)3/h12,14H,5-9H2,1-4H3. The quantitative estimate of drug-likeness (QED) is 0.834. The molecule has 1 N–H and O–H groups in total. The fourth-order valence-corrected chi connectivity index (χ4v) is 2.46. The Kier molecular flexibility index (Phi) is 3.84. The molecule has 0 aromatic carbocycles. The number of aryl methyl sites for hydroxylation is 2. The molecule has 1 fully saturated rings. The van der Waals surface area contributed by atoms with Crippen LogP contribution in [0.4, 0.5) is 0 Å². The van der Waals surface area contributed by atoms with Crippen LogP contribution in [0.1, 0.15) is 30.3 Å². The van der Waals surface area contributed by atoms with Crippen molar-refractivity contribution < 1.29 is 0 Å². The van der Waals surface area contributed by atoms with Gasteiger partial charge < -0.3 is 5.32 Å². The van der Waals surface area contributed by atoms with Gasteiger partial charge in [-0.3, -0.25) is 9.58 Å². The van der Waals surface area contributed by atoms with E-state index >= 15 is 0 Å². The highest BCUT2D eigenvalue weighted by Gasteiger charge is 2.25. The summed E-state index contributed by atoms with van der Waals surface area (Å²) in [5.41, 5.74) is 3.89. The molecule has 2 rings (SSSR count). The van der Waals surface area contributed by atoms with E-state index in [9.17, 15) is 0 Å². The third kappa shape index (κ3) is 2.53. The van der Waals surface area contributed by atoms with Crippen LogP contribution in [0.15, 0.2) is 0 Å². The van der Waals surface area contributed by atoms with Crippen molar-refractivity contribution in [3.05, 3.63) is 17.0 Å². The number of hydrogen-bond donors (Lipinski definition) is 1. The van der Waals surface area contributed by atoms with Crippen molar-refractivity contribution in [2.24, 2.45) is 7.05 Å². The van der Waals surface area contributed by atoms with Gasteiger partial charge in [0.2, 0.25) is 0 Å². The number of nitrogens with one attached hydrogen (secondary N) is 1. The largest absolute Gasteiger partial charge is 0.314 e. The Balaban J connectivity index is 2.10. The molecule has 4 nitrogen and oxygen atoms in total. The van der Waals surface area contributed by atoms with E-state index in [0.717, 1.165) is 19.6 Å². The molecule has 0 atom stereocenters. The molecule has 4 heteroatoms. The predicted molar refractivity (Wildman–Crippen MR) is 70.0 cm³/mol. The first kappa shape index (κ1) is 12.6. The maximum Gasteiger partial charge on any atom is 0.0641 e. The van der Waals surface area contributed by atoms with Gasteiger partial charge in [-0.25, -0.2) is 0 Å². The molecule has 0 saturated carbocycles. The zero-order chi connectivity index (χ0) is 12.4. The van der Waals surface area contributed by atoms with Crippen molar-refractivity contribution in [3.8, 4) is 0 Å². The first-order valence-corrected chi connectivity index (χ1v) is 6.57. The molecule has 1 aliphatic heterocycles. The average molecular weight is 236 g/mol.